The van der Waals surface area contributed by atoms with E-state index in [4.69, 9.17) is 5.11 Å². The number of hydrogen-bond acceptors (Lipinski definition) is 3. The molecule has 1 fully saturated rings. The summed E-state index contributed by atoms with van der Waals surface area (Å²) in [5.41, 5.74) is 1.44. The Labute approximate surface area is 124 Å². The first kappa shape index (κ1) is 15.3. The average molecular weight is 288 g/mol. The minimum Gasteiger partial charge on any atom is -0.478 e. The lowest BCUT2D eigenvalue weighted by Crippen LogP contribution is -2.40. The van der Waals surface area contributed by atoms with Gasteiger partial charge in [0.25, 0.3) is 0 Å². The Bertz CT molecular complexity index is 554. The van der Waals surface area contributed by atoms with E-state index in [2.05, 4.69) is 17.6 Å². The number of piperidine rings is 1. The van der Waals surface area contributed by atoms with E-state index >= 15 is 0 Å². The predicted octanol–water partition coefficient (Wildman–Crippen LogP) is 2.11. The van der Waals surface area contributed by atoms with Crippen molar-refractivity contribution in [2.24, 2.45) is 5.92 Å². The van der Waals surface area contributed by atoms with Gasteiger partial charge in [0, 0.05) is 23.7 Å². The van der Waals surface area contributed by atoms with E-state index in [1.54, 1.807) is 24.3 Å². The van der Waals surface area contributed by atoms with Crippen LogP contribution in [0.4, 0.5) is 5.69 Å². The van der Waals surface area contributed by atoms with Crippen LogP contribution in [0.25, 0.3) is 6.08 Å². The summed E-state index contributed by atoms with van der Waals surface area (Å²) in [6, 6.07) is 7.52. The number of benzene rings is 1. The summed E-state index contributed by atoms with van der Waals surface area (Å²) in [5.74, 6) is -0.935. The van der Waals surface area contributed by atoms with Gasteiger partial charge in [-0.05, 0) is 50.1 Å². The summed E-state index contributed by atoms with van der Waals surface area (Å²) in [4.78, 5) is 22.7. The summed E-state index contributed by atoms with van der Waals surface area (Å²) >= 11 is 0. The standard InChI is InChI=1S/C16H20N2O3/c1-11-9-13(7-8-17-11)16(21)18-14-4-2-3-12(10-14)5-6-15(19)20/h2-6,10-11,13,17H,7-9H2,1H3,(H,18,21)(H,19,20)/b6-5+. The lowest BCUT2D eigenvalue weighted by atomic mass is 9.92. The zero-order valence-electron chi connectivity index (χ0n) is 12.0. The van der Waals surface area contributed by atoms with Gasteiger partial charge in [0.1, 0.15) is 0 Å². The van der Waals surface area contributed by atoms with Crippen LogP contribution >= 0.6 is 0 Å². The second-order valence-corrected chi connectivity index (χ2v) is 5.36. The fourth-order valence-electron chi connectivity index (χ4n) is 2.50. The largest absolute Gasteiger partial charge is 0.478 e. The molecule has 0 aliphatic carbocycles. The fourth-order valence-corrected chi connectivity index (χ4v) is 2.50. The zero-order chi connectivity index (χ0) is 15.2. The minimum atomic E-state index is -0.992. The van der Waals surface area contributed by atoms with Crippen LogP contribution in [0, 0.1) is 5.92 Å². The van der Waals surface area contributed by atoms with Gasteiger partial charge < -0.3 is 15.7 Å². The van der Waals surface area contributed by atoms with Crippen LogP contribution in [0.5, 0.6) is 0 Å². The molecule has 0 bridgehead atoms. The van der Waals surface area contributed by atoms with Crippen LogP contribution in [0.3, 0.4) is 0 Å². The van der Waals surface area contributed by atoms with E-state index in [-0.39, 0.29) is 11.8 Å². The molecule has 1 aliphatic heterocycles. The molecule has 1 aromatic carbocycles. The smallest absolute Gasteiger partial charge is 0.328 e. The van der Waals surface area contributed by atoms with Gasteiger partial charge in [-0.1, -0.05) is 12.1 Å². The van der Waals surface area contributed by atoms with Crippen molar-refractivity contribution in [3.05, 3.63) is 35.9 Å². The van der Waals surface area contributed by atoms with Gasteiger partial charge in [0.2, 0.25) is 5.91 Å². The number of anilines is 1. The number of hydrogen-bond donors (Lipinski definition) is 3. The molecule has 112 valence electrons. The van der Waals surface area contributed by atoms with E-state index in [1.165, 1.54) is 6.08 Å². The van der Waals surface area contributed by atoms with Crippen LogP contribution in [0.1, 0.15) is 25.3 Å². The Morgan fingerprint density at radius 3 is 2.95 bits per heavy atom. The molecule has 5 heteroatoms. The van der Waals surface area contributed by atoms with Crippen molar-refractivity contribution < 1.29 is 14.7 Å². The molecule has 1 saturated heterocycles. The Morgan fingerprint density at radius 1 is 1.43 bits per heavy atom. The Kier molecular flexibility index (Phi) is 5.11. The van der Waals surface area contributed by atoms with Gasteiger partial charge in [-0.25, -0.2) is 4.79 Å². The third-order valence-electron chi connectivity index (χ3n) is 3.57. The van der Waals surface area contributed by atoms with Crippen LogP contribution in [-0.2, 0) is 9.59 Å². The molecule has 0 radical (unpaired) electrons. The monoisotopic (exact) mass is 288 g/mol. The molecule has 1 aliphatic rings. The molecule has 5 nitrogen and oxygen atoms in total. The lowest BCUT2D eigenvalue weighted by Gasteiger charge is -2.27. The Balaban J connectivity index is 2.00. The second kappa shape index (κ2) is 7.04. The molecule has 1 amide bonds. The highest BCUT2D eigenvalue weighted by Crippen LogP contribution is 2.19. The van der Waals surface area contributed by atoms with Crippen LogP contribution in [-0.4, -0.2) is 29.6 Å². The molecule has 0 spiro atoms. The van der Waals surface area contributed by atoms with Crippen molar-refractivity contribution in [1.82, 2.24) is 5.32 Å². The van der Waals surface area contributed by atoms with Crippen LogP contribution in [0.2, 0.25) is 0 Å². The maximum atomic E-state index is 12.2. The summed E-state index contributed by atoms with van der Waals surface area (Å²) in [5, 5.41) is 14.9. The molecule has 2 unspecified atom stereocenters. The number of amides is 1. The van der Waals surface area contributed by atoms with Crippen molar-refractivity contribution in [1.29, 1.82) is 0 Å². The number of carbonyl (C=O) groups excluding carboxylic acids is 1. The Hall–Kier alpha value is -2.14. The number of rotatable bonds is 4. The average Bonchev–Trinajstić information content (AvgIpc) is 2.45. The molecule has 0 aromatic heterocycles. The molecular weight excluding hydrogens is 268 g/mol. The Morgan fingerprint density at radius 2 is 2.24 bits per heavy atom. The van der Waals surface area contributed by atoms with Crippen LogP contribution < -0.4 is 10.6 Å². The van der Waals surface area contributed by atoms with Gasteiger partial charge >= 0.3 is 5.97 Å². The van der Waals surface area contributed by atoms with Gasteiger partial charge in [0.05, 0.1) is 0 Å². The van der Waals surface area contributed by atoms with Gasteiger partial charge in [-0.2, -0.15) is 0 Å². The van der Waals surface area contributed by atoms with Crippen molar-refractivity contribution in [3.8, 4) is 0 Å². The third kappa shape index (κ3) is 4.72. The van der Waals surface area contributed by atoms with Crippen molar-refractivity contribution in [2.45, 2.75) is 25.8 Å². The number of carbonyl (C=O) groups is 2. The number of carboxylic acids is 1. The normalized spacial score (nSPS) is 22.1. The highest BCUT2D eigenvalue weighted by molar-refractivity contribution is 5.93. The van der Waals surface area contributed by atoms with Gasteiger partial charge in [-0.3, -0.25) is 4.79 Å². The summed E-state index contributed by atoms with van der Waals surface area (Å²) in [6.07, 6.45) is 4.26. The SMILES string of the molecule is CC1CC(C(=O)Nc2cccc(/C=C/C(=O)O)c2)CCN1. The minimum absolute atomic E-state index is 0.0273. The fraction of sp³-hybridized carbons (Fsp3) is 0.375. The molecule has 3 N–H and O–H groups in total. The molecular formula is C16H20N2O3. The van der Waals surface area contributed by atoms with E-state index in [0.717, 1.165) is 31.0 Å². The number of nitrogens with one attached hydrogen (secondary N) is 2. The van der Waals surface area contributed by atoms with Crippen LogP contribution in [0.15, 0.2) is 30.3 Å². The predicted molar refractivity (Wildman–Crippen MR) is 81.9 cm³/mol. The van der Waals surface area contributed by atoms with E-state index in [9.17, 15) is 9.59 Å². The molecule has 1 heterocycles. The van der Waals surface area contributed by atoms with E-state index in [0.29, 0.717) is 11.7 Å². The highest BCUT2D eigenvalue weighted by atomic mass is 16.4. The lowest BCUT2D eigenvalue weighted by molar-refractivity contribution is -0.131. The topological polar surface area (TPSA) is 78.4 Å². The van der Waals surface area contributed by atoms with E-state index < -0.39 is 5.97 Å². The zero-order valence-corrected chi connectivity index (χ0v) is 12.0. The summed E-state index contributed by atoms with van der Waals surface area (Å²) in [6.45, 7) is 2.94. The molecule has 0 saturated carbocycles. The first-order chi connectivity index (χ1) is 10.0. The summed E-state index contributed by atoms with van der Waals surface area (Å²) < 4.78 is 0. The third-order valence-corrected chi connectivity index (χ3v) is 3.57. The second-order valence-electron chi connectivity index (χ2n) is 5.36. The highest BCUT2D eigenvalue weighted by Gasteiger charge is 2.24. The first-order valence-electron chi connectivity index (χ1n) is 7.10. The molecule has 1 aromatic rings. The molecule has 2 atom stereocenters. The van der Waals surface area contributed by atoms with Crippen molar-refractivity contribution >= 4 is 23.6 Å². The number of carboxylic acid groups (broad SMARTS) is 1. The first-order valence-corrected chi connectivity index (χ1v) is 7.10. The van der Waals surface area contributed by atoms with Gasteiger partial charge in [0.15, 0.2) is 0 Å². The van der Waals surface area contributed by atoms with Gasteiger partial charge in [-0.15, -0.1) is 0 Å². The summed E-state index contributed by atoms with van der Waals surface area (Å²) in [7, 11) is 0. The maximum absolute atomic E-state index is 12.2. The molecule has 2 rings (SSSR count). The van der Waals surface area contributed by atoms with E-state index in [1.807, 2.05) is 0 Å². The maximum Gasteiger partial charge on any atom is 0.328 e. The van der Waals surface area contributed by atoms with Crippen molar-refractivity contribution in [2.75, 3.05) is 11.9 Å². The quantitative estimate of drug-likeness (QED) is 0.741. The number of aliphatic carboxylic acids is 1. The van der Waals surface area contributed by atoms with Crippen molar-refractivity contribution in [3.63, 3.8) is 0 Å². The molecule has 21 heavy (non-hydrogen) atoms.